The fourth-order valence-electron chi connectivity index (χ4n) is 2.91. The predicted octanol–water partition coefficient (Wildman–Crippen LogP) is 5.02. The van der Waals surface area contributed by atoms with Crippen molar-refractivity contribution in [2.45, 2.75) is 131 Å². The van der Waals surface area contributed by atoms with Gasteiger partial charge in [0.1, 0.15) is 0 Å². The minimum atomic E-state index is -0.917. The molecular weight excluding hydrogens is 416 g/mol. The first-order chi connectivity index (χ1) is 12.8. The Labute approximate surface area is 191 Å². The Hall–Kier alpha value is -0.541. The minimum Gasteiger partial charge on any atom is -0.550 e. The number of aliphatic carboxylic acids is 2. The van der Waals surface area contributed by atoms with Crippen molar-refractivity contribution in [3.63, 3.8) is 0 Å². The summed E-state index contributed by atoms with van der Waals surface area (Å²) in [6, 6.07) is 0. The van der Waals surface area contributed by atoms with Gasteiger partial charge < -0.3 is 19.8 Å². The van der Waals surface area contributed by atoms with Crippen LogP contribution in [0.1, 0.15) is 131 Å². The summed E-state index contributed by atoms with van der Waals surface area (Å²) in [7, 11) is 0. The molecule has 0 aliphatic rings. The number of unbranched alkanes of at least 4 members (excludes halogenated alkanes) is 8. The maximum atomic E-state index is 10.1. The molecule has 4 nitrogen and oxygen atoms in total. The van der Waals surface area contributed by atoms with Crippen LogP contribution in [-0.2, 0) is 26.7 Å². The fourth-order valence-corrected chi connectivity index (χ4v) is 2.91. The van der Waals surface area contributed by atoms with E-state index in [0.717, 1.165) is 38.5 Å². The first-order valence-electron chi connectivity index (χ1n) is 11.2. The summed E-state index contributed by atoms with van der Waals surface area (Å²) in [4.78, 5) is 20.2. The summed E-state index contributed by atoms with van der Waals surface area (Å²) in [6.45, 7) is 13.5. The molecule has 177 valence electrons. The molecular formula is C24H46CuO4. The molecule has 0 heterocycles. The maximum absolute atomic E-state index is 10.1. The van der Waals surface area contributed by atoms with Crippen LogP contribution in [-0.4, -0.2) is 11.9 Å². The Morgan fingerprint density at radius 2 is 0.759 bits per heavy atom. The number of carbonyl (C=O) groups excluding carboxylic acids is 2. The summed E-state index contributed by atoms with van der Waals surface area (Å²) < 4.78 is 0. The van der Waals surface area contributed by atoms with Crippen LogP contribution in [0.4, 0.5) is 0 Å². The summed E-state index contributed by atoms with van der Waals surface area (Å²) >= 11 is 0. The van der Waals surface area contributed by atoms with E-state index in [2.05, 4.69) is 41.5 Å². The number of rotatable bonds is 14. The number of carboxylic acids is 2. The van der Waals surface area contributed by atoms with Crippen molar-refractivity contribution < 1.29 is 36.9 Å². The van der Waals surface area contributed by atoms with Crippen molar-refractivity contribution in [3.8, 4) is 0 Å². The van der Waals surface area contributed by atoms with E-state index in [1.54, 1.807) is 0 Å². The van der Waals surface area contributed by atoms with Crippen molar-refractivity contribution in [2.24, 2.45) is 10.8 Å². The summed E-state index contributed by atoms with van der Waals surface area (Å²) in [5.41, 5.74) is 0.871. The smallest absolute Gasteiger partial charge is 0.550 e. The van der Waals surface area contributed by atoms with E-state index < -0.39 is 11.9 Å². The fraction of sp³-hybridized carbons (Fsp3) is 0.917. The molecule has 0 aliphatic heterocycles. The van der Waals surface area contributed by atoms with Crippen LogP contribution in [0, 0.1) is 10.8 Å². The van der Waals surface area contributed by atoms with Gasteiger partial charge in [0.25, 0.3) is 0 Å². The van der Waals surface area contributed by atoms with Crippen molar-refractivity contribution in [2.75, 3.05) is 0 Å². The minimum absolute atomic E-state index is 0. The first kappa shape index (κ1) is 33.1. The molecule has 0 saturated carbocycles. The molecule has 0 aromatic rings. The molecule has 0 aliphatic carbocycles. The van der Waals surface area contributed by atoms with E-state index in [1.165, 1.54) is 38.5 Å². The van der Waals surface area contributed by atoms with Gasteiger partial charge >= 0.3 is 17.1 Å². The molecule has 0 spiro atoms. The number of hydrogen-bond acceptors (Lipinski definition) is 4. The normalized spacial score (nSPS) is 11.2. The monoisotopic (exact) mass is 461 g/mol. The SMILES string of the molecule is CC(C)(C)CCCCCCCC(=O)[O-].CC(C)(C)CCCCCCCC(=O)[O-].[Cu+2]. The van der Waals surface area contributed by atoms with Gasteiger partial charge in [0, 0.05) is 11.9 Å². The zero-order valence-corrected chi connectivity index (χ0v) is 20.8. The molecule has 0 unspecified atom stereocenters. The van der Waals surface area contributed by atoms with E-state index in [1.807, 2.05) is 0 Å². The average molecular weight is 462 g/mol. The van der Waals surface area contributed by atoms with Gasteiger partial charge in [-0.05, 0) is 49.4 Å². The number of carboxylic acid groups (broad SMARTS) is 2. The summed E-state index contributed by atoms with van der Waals surface area (Å²) in [5, 5.41) is 20.2. The second-order valence-electron chi connectivity index (χ2n) is 10.4. The quantitative estimate of drug-likeness (QED) is 0.268. The second kappa shape index (κ2) is 19.4. The van der Waals surface area contributed by atoms with Gasteiger partial charge in [0.15, 0.2) is 0 Å². The number of carbonyl (C=O) groups is 2. The molecule has 0 aromatic heterocycles. The van der Waals surface area contributed by atoms with Gasteiger partial charge in [-0.2, -0.15) is 0 Å². The van der Waals surface area contributed by atoms with E-state index in [0.29, 0.717) is 10.8 Å². The third-order valence-corrected chi connectivity index (χ3v) is 4.62. The van der Waals surface area contributed by atoms with E-state index >= 15 is 0 Å². The molecule has 29 heavy (non-hydrogen) atoms. The third kappa shape index (κ3) is 38.7. The van der Waals surface area contributed by atoms with Gasteiger partial charge in [-0.1, -0.05) is 92.9 Å². The van der Waals surface area contributed by atoms with Gasteiger partial charge in [0.2, 0.25) is 0 Å². The Bertz CT molecular complexity index is 357. The zero-order chi connectivity index (χ0) is 22.1. The maximum Gasteiger partial charge on any atom is 2.00 e. The van der Waals surface area contributed by atoms with E-state index in [9.17, 15) is 19.8 Å². The standard InChI is InChI=1S/2C12H24O2.Cu/c2*1-12(2,3)10-8-6-4-5-7-9-11(13)14;/h2*4-10H2,1-3H3,(H,13,14);/q;;+2/p-2. The molecule has 0 atom stereocenters. The Kier molecular flexibility index (Phi) is 22.2. The second-order valence-corrected chi connectivity index (χ2v) is 10.4. The summed E-state index contributed by atoms with van der Waals surface area (Å²) in [6.07, 6.45) is 13.8. The van der Waals surface area contributed by atoms with E-state index in [4.69, 9.17) is 0 Å². The molecule has 0 aromatic carbocycles. The van der Waals surface area contributed by atoms with Crippen LogP contribution in [0.5, 0.6) is 0 Å². The van der Waals surface area contributed by atoms with Crippen molar-refractivity contribution in [1.82, 2.24) is 0 Å². The van der Waals surface area contributed by atoms with Crippen molar-refractivity contribution in [1.29, 1.82) is 0 Å². The molecule has 0 N–H and O–H groups in total. The van der Waals surface area contributed by atoms with Crippen LogP contribution in [0.15, 0.2) is 0 Å². The Morgan fingerprint density at radius 3 is 1.00 bits per heavy atom. The molecule has 5 heteroatoms. The van der Waals surface area contributed by atoms with E-state index in [-0.39, 0.29) is 29.9 Å². The zero-order valence-electron chi connectivity index (χ0n) is 19.8. The topological polar surface area (TPSA) is 80.3 Å². The molecule has 0 saturated heterocycles. The average Bonchev–Trinajstić information content (AvgIpc) is 2.51. The number of hydrogen-bond donors (Lipinski definition) is 0. The predicted molar refractivity (Wildman–Crippen MR) is 114 cm³/mol. The Morgan fingerprint density at radius 1 is 0.517 bits per heavy atom. The molecule has 0 fully saturated rings. The van der Waals surface area contributed by atoms with Gasteiger partial charge in [-0.3, -0.25) is 0 Å². The summed E-state index contributed by atoms with van der Waals surface area (Å²) in [5.74, 6) is -1.83. The van der Waals surface area contributed by atoms with Crippen LogP contribution >= 0.6 is 0 Å². The van der Waals surface area contributed by atoms with Crippen LogP contribution in [0.25, 0.3) is 0 Å². The first-order valence-corrected chi connectivity index (χ1v) is 11.2. The largest absolute Gasteiger partial charge is 2.00 e. The molecule has 1 radical (unpaired) electrons. The van der Waals surface area contributed by atoms with Crippen molar-refractivity contribution >= 4 is 11.9 Å². The third-order valence-electron chi connectivity index (χ3n) is 4.62. The Balaban J connectivity index is -0.000000451. The molecule has 0 rings (SSSR count). The van der Waals surface area contributed by atoms with Crippen LogP contribution in [0.3, 0.4) is 0 Å². The molecule has 0 amide bonds. The van der Waals surface area contributed by atoms with Gasteiger partial charge in [-0.15, -0.1) is 0 Å². The van der Waals surface area contributed by atoms with Crippen LogP contribution in [0.2, 0.25) is 0 Å². The van der Waals surface area contributed by atoms with Gasteiger partial charge in [-0.25, -0.2) is 0 Å². The van der Waals surface area contributed by atoms with Crippen molar-refractivity contribution in [3.05, 3.63) is 0 Å². The van der Waals surface area contributed by atoms with Gasteiger partial charge in [0.05, 0.1) is 0 Å². The molecule has 0 bridgehead atoms. The van der Waals surface area contributed by atoms with Crippen LogP contribution < -0.4 is 10.2 Å².